The summed E-state index contributed by atoms with van der Waals surface area (Å²) in [4.78, 5) is 23.6. The summed E-state index contributed by atoms with van der Waals surface area (Å²) in [5.41, 5.74) is 1.68. The van der Waals surface area contributed by atoms with E-state index in [1.54, 1.807) is 6.07 Å². The predicted octanol–water partition coefficient (Wildman–Crippen LogP) is 3.85. The average Bonchev–Trinajstić information content (AvgIpc) is 2.56. The van der Waals surface area contributed by atoms with Crippen molar-refractivity contribution in [1.29, 1.82) is 0 Å². The van der Waals surface area contributed by atoms with Gasteiger partial charge in [0.05, 0.1) is 12.5 Å². The van der Waals surface area contributed by atoms with Crippen LogP contribution in [0.2, 0.25) is 5.02 Å². The number of carboxylic acid groups (broad SMARTS) is 1. The Morgan fingerprint density at radius 2 is 1.71 bits per heavy atom. The van der Waals surface area contributed by atoms with Crippen LogP contribution in [0.5, 0.6) is 0 Å². The molecular weight excluding hydrogens is 326 g/mol. The minimum atomic E-state index is -0.956. The topological polar surface area (TPSA) is 66.4 Å². The van der Waals surface area contributed by atoms with Crippen molar-refractivity contribution >= 4 is 23.5 Å². The first-order valence-electron chi connectivity index (χ1n) is 7.78. The summed E-state index contributed by atoms with van der Waals surface area (Å²) in [6.45, 7) is 1.81. The molecule has 2 unspecified atom stereocenters. The van der Waals surface area contributed by atoms with Crippen molar-refractivity contribution in [3.05, 3.63) is 70.7 Å². The lowest BCUT2D eigenvalue weighted by Gasteiger charge is -2.20. The third kappa shape index (κ3) is 5.10. The van der Waals surface area contributed by atoms with Crippen LogP contribution in [0.25, 0.3) is 0 Å². The Labute approximate surface area is 146 Å². The van der Waals surface area contributed by atoms with Crippen LogP contribution in [-0.4, -0.2) is 17.0 Å². The first kappa shape index (κ1) is 18.0. The zero-order chi connectivity index (χ0) is 17.5. The number of aliphatic carboxylic acids is 1. The summed E-state index contributed by atoms with van der Waals surface area (Å²) in [7, 11) is 0. The second-order valence-corrected chi connectivity index (χ2v) is 6.17. The van der Waals surface area contributed by atoms with E-state index in [1.165, 1.54) is 0 Å². The van der Waals surface area contributed by atoms with Crippen LogP contribution in [-0.2, 0) is 16.0 Å². The fourth-order valence-corrected chi connectivity index (χ4v) is 2.73. The molecule has 5 heteroatoms. The second-order valence-electron chi connectivity index (χ2n) is 5.77. The van der Waals surface area contributed by atoms with Crippen molar-refractivity contribution in [1.82, 2.24) is 5.32 Å². The summed E-state index contributed by atoms with van der Waals surface area (Å²) < 4.78 is 0. The molecule has 0 bridgehead atoms. The van der Waals surface area contributed by atoms with Crippen LogP contribution >= 0.6 is 11.6 Å². The highest BCUT2D eigenvalue weighted by molar-refractivity contribution is 6.31. The molecule has 0 saturated heterocycles. The van der Waals surface area contributed by atoms with Gasteiger partial charge in [-0.05, 0) is 23.6 Å². The highest BCUT2D eigenvalue weighted by Crippen LogP contribution is 2.21. The zero-order valence-electron chi connectivity index (χ0n) is 13.4. The molecule has 24 heavy (non-hydrogen) atoms. The molecule has 0 aliphatic rings. The second kappa shape index (κ2) is 8.50. The molecule has 2 aromatic rings. The van der Waals surface area contributed by atoms with E-state index in [9.17, 15) is 9.59 Å². The number of hydrogen-bond acceptors (Lipinski definition) is 2. The Hall–Kier alpha value is -2.33. The number of rotatable bonds is 7. The maximum Gasteiger partial charge on any atom is 0.305 e. The molecule has 2 aromatic carbocycles. The molecule has 0 aliphatic carbocycles. The normalized spacial score (nSPS) is 13.1. The van der Waals surface area contributed by atoms with E-state index in [1.807, 2.05) is 55.5 Å². The van der Waals surface area contributed by atoms with Crippen molar-refractivity contribution in [2.45, 2.75) is 25.8 Å². The summed E-state index contributed by atoms with van der Waals surface area (Å²) in [5, 5.41) is 12.6. The Morgan fingerprint density at radius 1 is 1.08 bits per heavy atom. The van der Waals surface area contributed by atoms with Gasteiger partial charge in [0.2, 0.25) is 5.91 Å². The van der Waals surface area contributed by atoms with E-state index in [0.717, 1.165) is 11.1 Å². The number of benzene rings is 2. The summed E-state index contributed by atoms with van der Waals surface area (Å²) in [6.07, 6.45) is 0.342. The van der Waals surface area contributed by atoms with Crippen LogP contribution in [0.4, 0.5) is 0 Å². The van der Waals surface area contributed by atoms with E-state index in [0.29, 0.717) is 11.4 Å². The van der Waals surface area contributed by atoms with Crippen LogP contribution in [0.3, 0.4) is 0 Å². The Bertz CT molecular complexity index is 703. The van der Waals surface area contributed by atoms with Crippen molar-refractivity contribution in [3.63, 3.8) is 0 Å². The first-order chi connectivity index (χ1) is 11.5. The number of hydrogen-bond donors (Lipinski definition) is 2. The molecule has 2 rings (SSSR count). The molecule has 126 valence electrons. The van der Waals surface area contributed by atoms with Gasteiger partial charge in [-0.1, -0.05) is 67.1 Å². The minimum Gasteiger partial charge on any atom is -0.481 e. The van der Waals surface area contributed by atoms with Gasteiger partial charge in [0.1, 0.15) is 0 Å². The molecule has 2 atom stereocenters. The lowest BCUT2D eigenvalue weighted by Crippen LogP contribution is -2.34. The highest BCUT2D eigenvalue weighted by atomic mass is 35.5. The maximum atomic E-state index is 12.5. The van der Waals surface area contributed by atoms with Gasteiger partial charge in [-0.3, -0.25) is 9.59 Å². The van der Waals surface area contributed by atoms with E-state index in [4.69, 9.17) is 16.7 Å². The minimum absolute atomic E-state index is 0.158. The number of carbonyl (C=O) groups is 2. The smallest absolute Gasteiger partial charge is 0.305 e. The third-order valence-electron chi connectivity index (χ3n) is 3.83. The third-order valence-corrected chi connectivity index (χ3v) is 4.20. The van der Waals surface area contributed by atoms with E-state index in [-0.39, 0.29) is 18.2 Å². The fourth-order valence-electron chi connectivity index (χ4n) is 2.51. The summed E-state index contributed by atoms with van der Waals surface area (Å²) in [5.74, 6) is -1.46. The van der Waals surface area contributed by atoms with Gasteiger partial charge in [-0.15, -0.1) is 0 Å². The van der Waals surface area contributed by atoms with Gasteiger partial charge >= 0.3 is 5.97 Å². The molecule has 4 nitrogen and oxygen atoms in total. The number of carbonyl (C=O) groups excluding carboxylic acids is 1. The number of nitrogens with one attached hydrogen (secondary N) is 1. The largest absolute Gasteiger partial charge is 0.481 e. The van der Waals surface area contributed by atoms with Gasteiger partial charge in [-0.25, -0.2) is 0 Å². The van der Waals surface area contributed by atoms with Crippen molar-refractivity contribution in [2.24, 2.45) is 5.92 Å². The maximum absolute atomic E-state index is 12.5. The van der Waals surface area contributed by atoms with E-state index < -0.39 is 12.0 Å². The molecule has 0 aliphatic heterocycles. The molecule has 1 amide bonds. The molecule has 2 N–H and O–H groups in total. The van der Waals surface area contributed by atoms with Crippen molar-refractivity contribution in [3.8, 4) is 0 Å². The van der Waals surface area contributed by atoms with Gasteiger partial charge in [0.25, 0.3) is 0 Å². The number of amides is 1. The molecule has 0 heterocycles. The van der Waals surface area contributed by atoms with Gasteiger partial charge in [0, 0.05) is 10.9 Å². The SMILES string of the molecule is CC(Cc1ccccc1Cl)C(=O)NC(CC(=O)O)c1ccccc1. The van der Waals surface area contributed by atoms with Crippen LogP contribution in [0.15, 0.2) is 54.6 Å². The summed E-state index contributed by atoms with van der Waals surface area (Å²) in [6, 6.07) is 16.0. The zero-order valence-corrected chi connectivity index (χ0v) is 14.2. The lowest BCUT2D eigenvalue weighted by atomic mass is 9.98. The van der Waals surface area contributed by atoms with Crippen molar-refractivity contribution < 1.29 is 14.7 Å². The Balaban J connectivity index is 2.06. The monoisotopic (exact) mass is 345 g/mol. The Morgan fingerprint density at radius 3 is 2.33 bits per heavy atom. The lowest BCUT2D eigenvalue weighted by molar-refractivity contribution is -0.137. The fraction of sp³-hybridized carbons (Fsp3) is 0.263. The van der Waals surface area contributed by atoms with Gasteiger partial charge < -0.3 is 10.4 Å². The van der Waals surface area contributed by atoms with E-state index in [2.05, 4.69) is 5.32 Å². The highest BCUT2D eigenvalue weighted by Gasteiger charge is 2.21. The predicted molar refractivity (Wildman–Crippen MR) is 93.9 cm³/mol. The molecule has 0 aromatic heterocycles. The van der Waals surface area contributed by atoms with Gasteiger partial charge in [-0.2, -0.15) is 0 Å². The van der Waals surface area contributed by atoms with Crippen LogP contribution < -0.4 is 5.32 Å². The van der Waals surface area contributed by atoms with Crippen LogP contribution in [0, 0.1) is 5.92 Å². The average molecular weight is 346 g/mol. The molecule has 0 saturated carbocycles. The molecule has 0 fully saturated rings. The standard InChI is InChI=1S/C19H20ClNO3/c1-13(11-15-9-5-6-10-16(15)20)19(24)21-17(12-18(22)23)14-7-3-2-4-8-14/h2-10,13,17H,11-12H2,1H3,(H,21,24)(H,22,23). The molecule has 0 radical (unpaired) electrons. The van der Waals surface area contributed by atoms with Crippen molar-refractivity contribution in [2.75, 3.05) is 0 Å². The number of carboxylic acids is 1. The first-order valence-corrected chi connectivity index (χ1v) is 8.15. The Kier molecular flexibility index (Phi) is 6.38. The number of halogens is 1. The van der Waals surface area contributed by atoms with Gasteiger partial charge in [0.15, 0.2) is 0 Å². The molecular formula is C19H20ClNO3. The summed E-state index contributed by atoms with van der Waals surface area (Å²) >= 11 is 6.13. The van der Waals surface area contributed by atoms with Crippen LogP contribution in [0.1, 0.15) is 30.5 Å². The van der Waals surface area contributed by atoms with E-state index >= 15 is 0 Å². The molecule has 0 spiro atoms. The quantitative estimate of drug-likeness (QED) is 0.801.